The van der Waals surface area contributed by atoms with Crippen LogP contribution in [0.15, 0.2) is 17.0 Å². The molecule has 0 aliphatic heterocycles. The molecule has 3 heterocycles. The average Bonchev–Trinajstić information content (AvgIpc) is 3.34. The number of fused-ring (bicyclic) bond motifs is 1. The summed E-state index contributed by atoms with van der Waals surface area (Å²) >= 11 is 0. The van der Waals surface area contributed by atoms with Gasteiger partial charge in [0, 0.05) is 38.6 Å². The molecule has 0 amide bonds. The topological polar surface area (TPSA) is 97.8 Å². The lowest BCUT2D eigenvalue weighted by molar-refractivity contribution is 0.314. The van der Waals surface area contributed by atoms with Gasteiger partial charge in [0.1, 0.15) is 5.82 Å². The third-order valence-corrected chi connectivity index (χ3v) is 4.75. The van der Waals surface area contributed by atoms with E-state index < -0.39 is 0 Å². The van der Waals surface area contributed by atoms with E-state index in [1.165, 1.54) is 12.8 Å². The summed E-state index contributed by atoms with van der Waals surface area (Å²) in [5.41, 5.74) is 0.862. The zero-order valence-electron chi connectivity index (χ0n) is 14.5. The molecule has 0 bridgehead atoms. The molecule has 1 aliphatic carbocycles. The largest absolute Gasteiger partial charge is 0.364 e. The molecule has 1 fully saturated rings. The number of nitrogens with zero attached hydrogens (tertiary/aromatic N) is 7. The summed E-state index contributed by atoms with van der Waals surface area (Å²) in [6, 6.07) is 0.439. The zero-order chi connectivity index (χ0) is 17.2. The van der Waals surface area contributed by atoms with Crippen LogP contribution in [0.3, 0.4) is 0 Å². The van der Waals surface area contributed by atoms with Crippen LogP contribution in [0.5, 0.6) is 0 Å². The van der Waals surface area contributed by atoms with Gasteiger partial charge >= 0.3 is 0 Å². The van der Waals surface area contributed by atoms with E-state index in [2.05, 4.69) is 40.0 Å². The number of imidazole rings is 1. The number of hydrogen-bond donors (Lipinski definition) is 1. The number of nitrogens with one attached hydrogen (secondary N) is 1. The van der Waals surface area contributed by atoms with Crippen LogP contribution in [0.1, 0.15) is 31.5 Å². The van der Waals surface area contributed by atoms with Crippen LogP contribution >= 0.6 is 0 Å². The summed E-state index contributed by atoms with van der Waals surface area (Å²) in [5.74, 6) is 2.52. The Balaban J connectivity index is 1.57. The number of hydrogen-bond acceptors (Lipinski definition) is 8. The number of aromatic nitrogens is 6. The van der Waals surface area contributed by atoms with Crippen LogP contribution in [0.4, 0.5) is 11.6 Å². The van der Waals surface area contributed by atoms with Crippen LogP contribution in [0.25, 0.3) is 11.3 Å². The van der Waals surface area contributed by atoms with Gasteiger partial charge in [0.05, 0.1) is 0 Å². The first-order chi connectivity index (χ1) is 12.2. The summed E-state index contributed by atoms with van der Waals surface area (Å²) in [6.07, 6.45) is 8.63. The van der Waals surface area contributed by atoms with E-state index >= 15 is 0 Å². The van der Waals surface area contributed by atoms with Gasteiger partial charge in [0.15, 0.2) is 11.6 Å². The molecule has 0 radical (unpaired) electrons. The van der Waals surface area contributed by atoms with Gasteiger partial charge < -0.3 is 14.8 Å². The fourth-order valence-corrected chi connectivity index (χ4v) is 3.26. The second-order valence-electron chi connectivity index (χ2n) is 6.52. The van der Waals surface area contributed by atoms with Crippen molar-refractivity contribution in [3.05, 3.63) is 18.2 Å². The minimum atomic E-state index is 0.428. The van der Waals surface area contributed by atoms with Crippen LogP contribution < -0.4 is 10.2 Å². The van der Waals surface area contributed by atoms with E-state index in [4.69, 9.17) is 4.63 Å². The average molecular weight is 342 g/mol. The molecular formula is C16H22N8O. The van der Waals surface area contributed by atoms with Crippen LogP contribution in [0.2, 0.25) is 0 Å². The normalized spacial score (nSPS) is 15.1. The summed E-state index contributed by atoms with van der Waals surface area (Å²) in [6.45, 7) is 3.60. The highest BCUT2D eigenvalue weighted by Crippen LogP contribution is 2.27. The predicted octanol–water partition coefficient (Wildman–Crippen LogP) is 2.01. The number of anilines is 2. The van der Waals surface area contributed by atoms with Gasteiger partial charge in [-0.15, -0.1) is 0 Å². The first-order valence-corrected chi connectivity index (χ1v) is 8.66. The molecule has 1 aliphatic rings. The highest BCUT2D eigenvalue weighted by Gasteiger charge is 2.21. The van der Waals surface area contributed by atoms with Crippen LogP contribution in [0, 0.1) is 6.92 Å². The standard InChI is InChI=1S/C16H22N8O/c1-11-17-7-8-24(11)10-9-23(2)16-15(18-12-5-3-4-6-12)19-13-14(20-16)22-25-21-13/h7-8,12H,3-6,9-10H2,1-2H3,(H,18,19,21). The monoisotopic (exact) mass is 342 g/mol. The van der Waals surface area contributed by atoms with Crippen LogP contribution in [-0.4, -0.2) is 49.5 Å². The Morgan fingerprint density at radius 1 is 1.24 bits per heavy atom. The number of aryl methyl sites for hydroxylation is 1. The lowest BCUT2D eigenvalue weighted by Crippen LogP contribution is -2.27. The Bertz CT molecular complexity index is 851. The molecule has 1 saturated carbocycles. The molecule has 132 valence electrons. The molecule has 9 heteroatoms. The van der Waals surface area contributed by atoms with Gasteiger partial charge in [-0.05, 0) is 30.1 Å². The van der Waals surface area contributed by atoms with Crippen LogP contribution in [-0.2, 0) is 6.54 Å². The zero-order valence-corrected chi connectivity index (χ0v) is 14.5. The molecule has 9 nitrogen and oxygen atoms in total. The second-order valence-corrected chi connectivity index (χ2v) is 6.52. The van der Waals surface area contributed by atoms with Crippen molar-refractivity contribution in [2.24, 2.45) is 0 Å². The molecule has 1 N–H and O–H groups in total. The van der Waals surface area contributed by atoms with Crippen molar-refractivity contribution >= 4 is 22.9 Å². The number of rotatable bonds is 6. The molecule has 3 aromatic heterocycles. The van der Waals surface area contributed by atoms with E-state index in [1.54, 1.807) is 0 Å². The van der Waals surface area contributed by atoms with Crippen molar-refractivity contribution in [3.63, 3.8) is 0 Å². The van der Waals surface area contributed by atoms with Crippen molar-refractivity contribution in [1.82, 2.24) is 29.8 Å². The highest BCUT2D eigenvalue weighted by atomic mass is 16.6. The third-order valence-electron chi connectivity index (χ3n) is 4.75. The van der Waals surface area contributed by atoms with Crippen molar-refractivity contribution < 1.29 is 4.63 Å². The van der Waals surface area contributed by atoms with Gasteiger partial charge in [-0.3, -0.25) is 0 Å². The van der Waals surface area contributed by atoms with Crippen molar-refractivity contribution in [2.45, 2.75) is 45.2 Å². The first-order valence-electron chi connectivity index (χ1n) is 8.66. The van der Waals surface area contributed by atoms with E-state index in [0.29, 0.717) is 17.3 Å². The third kappa shape index (κ3) is 3.26. The maximum atomic E-state index is 4.78. The molecule has 0 spiro atoms. The Morgan fingerprint density at radius 3 is 2.72 bits per heavy atom. The molecule has 0 unspecified atom stereocenters. The molecular weight excluding hydrogens is 320 g/mol. The van der Waals surface area contributed by atoms with E-state index in [-0.39, 0.29) is 0 Å². The Hall–Kier alpha value is -2.71. The second kappa shape index (κ2) is 6.66. The Morgan fingerprint density at radius 2 is 2.00 bits per heavy atom. The van der Waals surface area contributed by atoms with Gasteiger partial charge in [-0.2, -0.15) is 0 Å². The van der Waals surface area contributed by atoms with Gasteiger partial charge in [0.2, 0.25) is 11.3 Å². The van der Waals surface area contributed by atoms with Gasteiger partial charge in [-0.25, -0.2) is 19.6 Å². The van der Waals surface area contributed by atoms with E-state index in [0.717, 1.165) is 43.4 Å². The fraction of sp³-hybridized carbons (Fsp3) is 0.562. The van der Waals surface area contributed by atoms with Crippen molar-refractivity contribution in [1.29, 1.82) is 0 Å². The maximum Gasteiger partial charge on any atom is 0.245 e. The Labute approximate surface area is 145 Å². The highest BCUT2D eigenvalue weighted by molar-refractivity contribution is 5.74. The SMILES string of the molecule is Cc1nccn1CCN(C)c1nc2nonc2nc1NC1CCCC1. The van der Waals surface area contributed by atoms with E-state index in [9.17, 15) is 0 Å². The molecule has 0 atom stereocenters. The van der Waals surface area contributed by atoms with Gasteiger partial charge in [0.25, 0.3) is 0 Å². The predicted molar refractivity (Wildman–Crippen MR) is 93.5 cm³/mol. The molecule has 4 rings (SSSR count). The Kier molecular flexibility index (Phi) is 4.21. The van der Waals surface area contributed by atoms with E-state index in [1.807, 2.05) is 26.4 Å². The quantitative estimate of drug-likeness (QED) is 0.726. The molecule has 3 aromatic rings. The molecule has 0 aromatic carbocycles. The smallest absolute Gasteiger partial charge is 0.245 e. The summed E-state index contributed by atoms with van der Waals surface area (Å²) in [5, 5.41) is 11.2. The molecule has 0 saturated heterocycles. The van der Waals surface area contributed by atoms with Crippen molar-refractivity contribution in [3.8, 4) is 0 Å². The molecule has 25 heavy (non-hydrogen) atoms. The van der Waals surface area contributed by atoms with Gasteiger partial charge in [-0.1, -0.05) is 12.8 Å². The minimum Gasteiger partial charge on any atom is -0.364 e. The minimum absolute atomic E-state index is 0.428. The maximum absolute atomic E-state index is 4.78. The summed E-state index contributed by atoms with van der Waals surface area (Å²) < 4.78 is 6.89. The summed E-state index contributed by atoms with van der Waals surface area (Å²) in [4.78, 5) is 15.5. The first kappa shape index (κ1) is 15.8. The lowest BCUT2D eigenvalue weighted by atomic mass is 10.2. The van der Waals surface area contributed by atoms with Crippen molar-refractivity contribution in [2.75, 3.05) is 23.8 Å². The summed E-state index contributed by atoms with van der Waals surface area (Å²) in [7, 11) is 2.01. The number of likely N-dealkylation sites (N-methyl/N-ethyl adjacent to an activating group) is 1. The fourth-order valence-electron chi connectivity index (χ4n) is 3.26. The lowest BCUT2D eigenvalue weighted by Gasteiger charge is -2.22.